The first-order valence-electron chi connectivity index (χ1n) is 16.8. The maximum absolute atomic E-state index is 15.1. The number of benzene rings is 1. The molecule has 254 valence electrons. The number of piperidine rings is 1. The quantitative estimate of drug-likeness (QED) is 0.336. The fourth-order valence-electron chi connectivity index (χ4n) is 8.45. The van der Waals surface area contributed by atoms with Crippen LogP contribution >= 0.6 is 0 Å². The van der Waals surface area contributed by atoms with E-state index in [0.29, 0.717) is 57.0 Å². The summed E-state index contributed by atoms with van der Waals surface area (Å²) in [5.74, 6) is -4.71. The molecule has 0 bridgehead atoms. The standard InChI is InChI=1S/C33H50F4N4O3S/c1-23(2)41(45(3,43)44)22-31(24-7-5-4-6-8-24)39-15-17-40(18-16-39)32(42)29-21-26(38-13-11-33(36,37)12-14-38)20-28(29)27-10-9-25(34)19-30(27)35/h9-10,19,23-24,26,28-29,31H,4-8,11-18,20-22H2,1-3H3/t26?,28-,29+,31?/m0/s1. The van der Waals surface area contributed by atoms with Crippen LogP contribution in [-0.2, 0) is 14.8 Å². The van der Waals surface area contributed by atoms with Gasteiger partial charge in [0, 0.05) is 88.8 Å². The fraction of sp³-hybridized carbons (Fsp3) is 0.788. The first-order valence-corrected chi connectivity index (χ1v) is 18.6. The third-order valence-corrected chi connectivity index (χ3v) is 12.3. The minimum Gasteiger partial charge on any atom is -0.340 e. The Kier molecular flexibility index (Phi) is 10.9. The minimum absolute atomic E-state index is 0.0637. The number of sulfonamides is 1. The Morgan fingerprint density at radius 3 is 2.20 bits per heavy atom. The van der Waals surface area contributed by atoms with E-state index in [-0.39, 0.29) is 50.0 Å². The summed E-state index contributed by atoms with van der Waals surface area (Å²) < 4.78 is 83.7. The van der Waals surface area contributed by atoms with Crippen LogP contribution in [-0.4, -0.2) is 109 Å². The maximum atomic E-state index is 15.1. The second-order valence-electron chi connectivity index (χ2n) is 14.1. The number of halogens is 4. The molecule has 0 N–H and O–H groups in total. The van der Waals surface area contributed by atoms with Crippen LogP contribution in [0.1, 0.15) is 83.1 Å². The molecule has 2 saturated heterocycles. The Bertz CT molecular complexity index is 1270. The van der Waals surface area contributed by atoms with Gasteiger partial charge in [-0.15, -0.1) is 0 Å². The molecule has 5 rings (SSSR count). The Balaban J connectivity index is 1.31. The largest absolute Gasteiger partial charge is 0.340 e. The van der Waals surface area contributed by atoms with Gasteiger partial charge in [-0.1, -0.05) is 25.3 Å². The van der Waals surface area contributed by atoms with Crippen LogP contribution in [0.2, 0.25) is 0 Å². The molecule has 0 aromatic heterocycles. The molecule has 0 spiro atoms. The zero-order chi connectivity index (χ0) is 32.5. The zero-order valence-electron chi connectivity index (χ0n) is 26.9. The molecule has 4 aliphatic rings. The van der Waals surface area contributed by atoms with Crippen molar-refractivity contribution in [1.82, 2.24) is 19.0 Å². The first kappa shape index (κ1) is 34.6. The van der Waals surface area contributed by atoms with Gasteiger partial charge in [-0.05, 0) is 63.0 Å². The van der Waals surface area contributed by atoms with Crippen LogP contribution < -0.4 is 0 Å². The van der Waals surface area contributed by atoms with E-state index in [9.17, 15) is 26.4 Å². The molecule has 4 atom stereocenters. The van der Waals surface area contributed by atoms with Gasteiger partial charge in [0.2, 0.25) is 15.9 Å². The topological polar surface area (TPSA) is 64.2 Å². The van der Waals surface area contributed by atoms with E-state index < -0.39 is 39.4 Å². The normalized spacial score (nSPS) is 28.2. The van der Waals surface area contributed by atoms with E-state index in [1.807, 2.05) is 23.6 Å². The highest BCUT2D eigenvalue weighted by Crippen LogP contribution is 2.45. The van der Waals surface area contributed by atoms with E-state index in [2.05, 4.69) is 4.90 Å². The predicted molar refractivity (Wildman–Crippen MR) is 167 cm³/mol. The van der Waals surface area contributed by atoms with Gasteiger partial charge in [0.25, 0.3) is 5.92 Å². The number of hydrogen-bond donors (Lipinski definition) is 0. The van der Waals surface area contributed by atoms with E-state index in [0.717, 1.165) is 31.7 Å². The zero-order valence-corrected chi connectivity index (χ0v) is 27.8. The summed E-state index contributed by atoms with van der Waals surface area (Å²) in [6.45, 7) is 6.92. The van der Waals surface area contributed by atoms with Gasteiger partial charge in [0.15, 0.2) is 0 Å². The molecule has 7 nitrogen and oxygen atoms in total. The number of hydrogen-bond acceptors (Lipinski definition) is 5. The number of likely N-dealkylation sites (tertiary alicyclic amines) is 1. The van der Waals surface area contributed by atoms with Crippen molar-refractivity contribution in [2.24, 2.45) is 11.8 Å². The van der Waals surface area contributed by atoms with Crippen molar-refractivity contribution in [1.29, 1.82) is 0 Å². The van der Waals surface area contributed by atoms with Crippen molar-refractivity contribution >= 4 is 15.9 Å². The van der Waals surface area contributed by atoms with Gasteiger partial charge in [-0.2, -0.15) is 4.31 Å². The Labute approximate surface area is 266 Å². The van der Waals surface area contributed by atoms with E-state index in [1.54, 1.807) is 4.31 Å². The molecule has 2 aliphatic heterocycles. The van der Waals surface area contributed by atoms with Crippen LogP contribution in [0.5, 0.6) is 0 Å². The van der Waals surface area contributed by atoms with Gasteiger partial charge in [-0.25, -0.2) is 26.0 Å². The summed E-state index contributed by atoms with van der Waals surface area (Å²) in [5, 5.41) is 0. The summed E-state index contributed by atoms with van der Waals surface area (Å²) in [6.07, 6.45) is 7.34. The molecule has 1 aromatic rings. The SMILES string of the molecule is CC(C)N(CC(C1CCCCC1)N1CCN(C(=O)[C@@H]2CC(N3CCC(F)(F)CC3)C[C@H]2c2ccc(F)cc2F)CC1)S(C)(=O)=O. The summed E-state index contributed by atoms with van der Waals surface area (Å²) in [5.41, 5.74) is 0.310. The third-order valence-electron chi connectivity index (χ3n) is 10.9. The summed E-state index contributed by atoms with van der Waals surface area (Å²) in [6, 6.07) is 3.28. The molecule has 2 saturated carbocycles. The molecule has 2 unspecified atom stereocenters. The lowest BCUT2D eigenvalue weighted by Crippen LogP contribution is -2.58. The fourth-order valence-corrected chi connectivity index (χ4v) is 9.64. The van der Waals surface area contributed by atoms with Crippen LogP contribution in [0.3, 0.4) is 0 Å². The van der Waals surface area contributed by atoms with Crippen LogP contribution in [0.15, 0.2) is 18.2 Å². The maximum Gasteiger partial charge on any atom is 0.250 e. The molecule has 1 aromatic carbocycles. The van der Waals surface area contributed by atoms with Gasteiger partial charge in [-0.3, -0.25) is 14.6 Å². The van der Waals surface area contributed by atoms with Gasteiger partial charge < -0.3 is 4.90 Å². The monoisotopic (exact) mass is 658 g/mol. The predicted octanol–water partition coefficient (Wildman–Crippen LogP) is 5.32. The summed E-state index contributed by atoms with van der Waals surface area (Å²) in [7, 11) is -3.39. The van der Waals surface area contributed by atoms with Crippen molar-refractivity contribution < 1.29 is 30.8 Å². The van der Waals surface area contributed by atoms with Crippen LogP contribution in [0.25, 0.3) is 0 Å². The van der Waals surface area contributed by atoms with E-state index in [1.165, 1.54) is 24.8 Å². The number of rotatable bonds is 9. The molecule has 4 fully saturated rings. The Morgan fingerprint density at radius 2 is 1.62 bits per heavy atom. The van der Waals surface area contributed by atoms with Gasteiger partial charge in [0.1, 0.15) is 11.6 Å². The number of nitrogens with zero attached hydrogens (tertiary/aromatic N) is 4. The number of carbonyl (C=O) groups is 1. The Morgan fingerprint density at radius 1 is 0.978 bits per heavy atom. The molecule has 12 heteroatoms. The van der Waals surface area contributed by atoms with Crippen molar-refractivity contribution in [2.75, 3.05) is 52.1 Å². The first-order chi connectivity index (χ1) is 21.2. The number of piperazine rings is 1. The lowest BCUT2D eigenvalue weighted by Gasteiger charge is -2.45. The van der Waals surface area contributed by atoms with Crippen molar-refractivity contribution in [2.45, 2.75) is 102 Å². The number of alkyl halides is 2. The highest BCUT2D eigenvalue weighted by atomic mass is 32.2. The molecular formula is C33H50F4N4O3S. The molecule has 1 amide bonds. The third kappa shape index (κ3) is 8.22. The van der Waals surface area contributed by atoms with Crippen LogP contribution in [0.4, 0.5) is 17.6 Å². The highest BCUT2D eigenvalue weighted by Gasteiger charge is 2.47. The average molecular weight is 659 g/mol. The van der Waals surface area contributed by atoms with Gasteiger partial charge in [0.05, 0.1) is 6.26 Å². The number of carbonyl (C=O) groups excluding carboxylic acids is 1. The van der Waals surface area contributed by atoms with Crippen molar-refractivity contribution in [3.63, 3.8) is 0 Å². The second-order valence-corrected chi connectivity index (χ2v) is 16.1. The smallest absolute Gasteiger partial charge is 0.250 e. The van der Waals surface area contributed by atoms with Crippen molar-refractivity contribution in [3.05, 3.63) is 35.4 Å². The lowest BCUT2D eigenvalue weighted by atomic mass is 9.82. The number of amides is 1. The molecular weight excluding hydrogens is 608 g/mol. The van der Waals surface area contributed by atoms with Gasteiger partial charge >= 0.3 is 0 Å². The molecule has 2 aliphatic carbocycles. The van der Waals surface area contributed by atoms with E-state index in [4.69, 9.17) is 0 Å². The lowest BCUT2D eigenvalue weighted by molar-refractivity contribution is -0.138. The molecule has 0 radical (unpaired) electrons. The van der Waals surface area contributed by atoms with Crippen molar-refractivity contribution in [3.8, 4) is 0 Å². The summed E-state index contributed by atoms with van der Waals surface area (Å²) >= 11 is 0. The second kappa shape index (κ2) is 14.2. The van der Waals surface area contributed by atoms with E-state index >= 15 is 4.39 Å². The average Bonchev–Trinajstić information content (AvgIpc) is 3.42. The Hall–Kier alpha value is -1.76. The minimum atomic E-state index is -3.39. The summed E-state index contributed by atoms with van der Waals surface area (Å²) in [4.78, 5) is 20.4. The van der Waals surface area contributed by atoms with Crippen LogP contribution in [0, 0.1) is 23.5 Å². The molecule has 2 heterocycles. The highest BCUT2D eigenvalue weighted by molar-refractivity contribution is 7.88. The molecule has 45 heavy (non-hydrogen) atoms.